The summed E-state index contributed by atoms with van der Waals surface area (Å²) in [6, 6.07) is 15.1. The smallest absolute Gasteiger partial charge is 0.303 e. The largest absolute Gasteiger partial charge is 0.497 e. The lowest BCUT2D eigenvalue weighted by Gasteiger charge is -2.48. The number of carbonyl (C=O) groups excluding carboxylic acids is 2. The zero-order valence-corrected chi connectivity index (χ0v) is 19.4. The van der Waals surface area contributed by atoms with E-state index >= 15 is 0 Å². The number of anilines is 1. The van der Waals surface area contributed by atoms with E-state index in [0.717, 1.165) is 43.4 Å². The maximum atomic E-state index is 13.8. The molecule has 34 heavy (non-hydrogen) atoms. The molecule has 2 aromatic rings. The van der Waals surface area contributed by atoms with Gasteiger partial charge in [0.05, 0.1) is 19.6 Å². The number of para-hydroxylation sites is 1. The van der Waals surface area contributed by atoms with E-state index in [9.17, 15) is 14.4 Å². The van der Waals surface area contributed by atoms with Gasteiger partial charge in [-0.05, 0) is 61.6 Å². The van der Waals surface area contributed by atoms with Crippen molar-refractivity contribution in [3.8, 4) is 5.75 Å². The number of hydrogen-bond donors (Lipinski definition) is 1. The molecular formula is C27H30N2O5. The molecule has 1 heterocycles. The van der Waals surface area contributed by atoms with E-state index in [1.165, 1.54) is 0 Å². The van der Waals surface area contributed by atoms with Crippen LogP contribution in [0.2, 0.25) is 0 Å². The standard InChI is InChI=1S/C27H30N2O5/c1-34-19-13-9-17(10-14-19)27(33)29-22-7-3-2-5-20(22)26(21-6-4-8-23(21)29)28(18-11-12-18)24(30)15-16-25(31)32/h2-3,5,7,9-10,13-14,18,21,23,26H,4,6,8,11-12,15-16H2,1H3,(H,31,32)/t21-,23+,26-/m0/s1. The fourth-order valence-electron chi connectivity index (χ4n) is 5.79. The van der Waals surface area contributed by atoms with Crippen LogP contribution in [0.15, 0.2) is 48.5 Å². The number of benzene rings is 2. The van der Waals surface area contributed by atoms with Gasteiger partial charge in [-0.3, -0.25) is 14.4 Å². The highest BCUT2D eigenvalue weighted by atomic mass is 16.5. The monoisotopic (exact) mass is 462 g/mol. The van der Waals surface area contributed by atoms with Gasteiger partial charge in [-0.25, -0.2) is 0 Å². The Morgan fingerprint density at radius 1 is 1.00 bits per heavy atom. The molecule has 1 aliphatic heterocycles. The van der Waals surface area contributed by atoms with Gasteiger partial charge in [0.2, 0.25) is 5.91 Å². The zero-order valence-electron chi connectivity index (χ0n) is 19.4. The van der Waals surface area contributed by atoms with Crippen molar-refractivity contribution in [1.82, 2.24) is 4.90 Å². The van der Waals surface area contributed by atoms with Gasteiger partial charge < -0.3 is 19.6 Å². The molecule has 2 aliphatic carbocycles. The van der Waals surface area contributed by atoms with Crippen molar-refractivity contribution >= 4 is 23.5 Å². The quantitative estimate of drug-likeness (QED) is 0.658. The first kappa shape index (κ1) is 22.4. The molecule has 0 aromatic heterocycles. The minimum atomic E-state index is -0.955. The van der Waals surface area contributed by atoms with Crippen LogP contribution >= 0.6 is 0 Å². The number of rotatable bonds is 7. The fourth-order valence-corrected chi connectivity index (χ4v) is 5.79. The lowest BCUT2D eigenvalue weighted by atomic mass is 9.81. The number of methoxy groups -OCH3 is 1. The van der Waals surface area contributed by atoms with E-state index in [2.05, 4.69) is 0 Å². The molecule has 0 radical (unpaired) electrons. The molecule has 7 nitrogen and oxygen atoms in total. The van der Waals surface area contributed by atoms with Crippen molar-refractivity contribution in [2.75, 3.05) is 12.0 Å². The highest BCUT2D eigenvalue weighted by Gasteiger charge is 2.51. The molecule has 0 saturated heterocycles. The first-order valence-corrected chi connectivity index (χ1v) is 12.1. The van der Waals surface area contributed by atoms with Crippen LogP contribution in [0, 0.1) is 5.92 Å². The second kappa shape index (κ2) is 9.12. The van der Waals surface area contributed by atoms with Crippen LogP contribution in [-0.2, 0) is 9.59 Å². The van der Waals surface area contributed by atoms with E-state index in [0.29, 0.717) is 11.3 Å². The highest BCUT2D eigenvalue weighted by Crippen LogP contribution is 2.52. The Morgan fingerprint density at radius 2 is 1.74 bits per heavy atom. The van der Waals surface area contributed by atoms with Crippen molar-refractivity contribution in [3.63, 3.8) is 0 Å². The third kappa shape index (κ3) is 4.04. The Bertz CT molecular complexity index is 1090. The first-order chi connectivity index (χ1) is 16.5. The number of amides is 2. The summed E-state index contributed by atoms with van der Waals surface area (Å²) in [5, 5.41) is 9.13. The van der Waals surface area contributed by atoms with Crippen molar-refractivity contribution < 1.29 is 24.2 Å². The van der Waals surface area contributed by atoms with E-state index in [4.69, 9.17) is 9.84 Å². The normalized spacial score (nSPS) is 23.1. The van der Waals surface area contributed by atoms with Crippen LogP contribution < -0.4 is 9.64 Å². The molecule has 7 heteroatoms. The van der Waals surface area contributed by atoms with Crippen molar-refractivity contribution in [1.29, 1.82) is 0 Å². The molecule has 5 rings (SSSR count). The summed E-state index contributed by atoms with van der Waals surface area (Å²) in [5.74, 6) is -0.255. The Hall–Kier alpha value is -3.35. The average Bonchev–Trinajstić information content (AvgIpc) is 3.57. The van der Waals surface area contributed by atoms with E-state index in [1.807, 2.05) is 34.1 Å². The van der Waals surface area contributed by atoms with Gasteiger partial charge in [-0.1, -0.05) is 24.6 Å². The number of aliphatic carboxylic acids is 1. The molecule has 3 atom stereocenters. The van der Waals surface area contributed by atoms with Crippen molar-refractivity contribution in [2.24, 2.45) is 5.92 Å². The van der Waals surface area contributed by atoms with Gasteiger partial charge in [0.1, 0.15) is 5.75 Å². The van der Waals surface area contributed by atoms with Gasteiger partial charge in [0, 0.05) is 35.7 Å². The number of hydrogen-bond acceptors (Lipinski definition) is 4. The molecule has 178 valence electrons. The summed E-state index contributed by atoms with van der Waals surface area (Å²) in [6.07, 6.45) is 4.56. The fraction of sp³-hybridized carbons (Fsp3) is 0.444. The molecule has 2 amide bonds. The summed E-state index contributed by atoms with van der Waals surface area (Å²) < 4.78 is 5.25. The molecule has 0 bridgehead atoms. The third-order valence-corrected chi connectivity index (χ3v) is 7.42. The van der Waals surface area contributed by atoms with Crippen LogP contribution in [0.5, 0.6) is 5.75 Å². The van der Waals surface area contributed by atoms with Gasteiger partial charge in [0.15, 0.2) is 0 Å². The third-order valence-electron chi connectivity index (χ3n) is 7.42. The van der Waals surface area contributed by atoms with Gasteiger partial charge in [0.25, 0.3) is 5.91 Å². The van der Waals surface area contributed by atoms with Crippen molar-refractivity contribution in [2.45, 2.75) is 63.1 Å². The van der Waals surface area contributed by atoms with Crippen LogP contribution in [0.1, 0.15) is 66.9 Å². The summed E-state index contributed by atoms with van der Waals surface area (Å²) >= 11 is 0. The number of ether oxygens (including phenoxy) is 1. The van der Waals surface area contributed by atoms with Gasteiger partial charge in [-0.15, -0.1) is 0 Å². The minimum absolute atomic E-state index is 0.00280. The average molecular weight is 463 g/mol. The summed E-state index contributed by atoms with van der Waals surface area (Å²) in [7, 11) is 1.60. The SMILES string of the molecule is COc1ccc(C(=O)N2c3ccccc3[C@H](N(C(=O)CCC(=O)O)C3CC3)[C@H]3CCC[C@H]32)cc1. The van der Waals surface area contributed by atoms with Crippen LogP contribution in [0.25, 0.3) is 0 Å². The molecular weight excluding hydrogens is 432 g/mol. The summed E-state index contributed by atoms with van der Waals surface area (Å²) in [4.78, 5) is 42.1. The van der Waals surface area contributed by atoms with E-state index < -0.39 is 5.97 Å². The van der Waals surface area contributed by atoms with Gasteiger partial charge >= 0.3 is 5.97 Å². The topological polar surface area (TPSA) is 87.2 Å². The Kier molecular flexibility index (Phi) is 6.02. The highest BCUT2D eigenvalue weighted by molar-refractivity contribution is 6.07. The predicted octanol–water partition coefficient (Wildman–Crippen LogP) is 4.42. The maximum absolute atomic E-state index is 13.8. The second-order valence-corrected chi connectivity index (χ2v) is 9.50. The number of carboxylic acids is 1. The Labute approximate surface area is 199 Å². The molecule has 2 saturated carbocycles. The molecule has 3 aliphatic rings. The molecule has 0 unspecified atom stereocenters. The second-order valence-electron chi connectivity index (χ2n) is 9.50. The molecule has 0 spiro atoms. The maximum Gasteiger partial charge on any atom is 0.303 e. The number of carbonyl (C=O) groups is 3. The predicted molar refractivity (Wildman–Crippen MR) is 127 cm³/mol. The van der Waals surface area contributed by atoms with E-state index in [1.54, 1.807) is 31.4 Å². The van der Waals surface area contributed by atoms with E-state index in [-0.39, 0.29) is 48.7 Å². The van der Waals surface area contributed by atoms with Crippen LogP contribution in [-0.4, -0.2) is 47.0 Å². The van der Waals surface area contributed by atoms with Gasteiger partial charge in [-0.2, -0.15) is 0 Å². The van der Waals surface area contributed by atoms with Crippen LogP contribution in [0.4, 0.5) is 5.69 Å². The van der Waals surface area contributed by atoms with Crippen molar-refractivity contribution in [3.05, 3.63) is 59.7 Å². The number of carboxylic acid groups (broad SMARTS) is 1. The molecule has 2 fully saturated rings. The number of nitrogens with zero attached hydrogens (tertiary/aromatic N) is 2. The lowest BCUT2D eigenvalue weighted by molar-refractivity contribution is -0.142. The Morgan fingerprint density at radius 3 is 2.41 bits per heavy atom. The minimum Gasteiger partial charge on any atom is -0.497 e. The zero-order chi connectivity index (χ0) is 23.8. The Balaban J connectivity index is 1.54. The number of fused-ring (bicyclic) bond motifs is 2. The lowest BCUT2D eigenvalue weighted by Crippen LogP contribution is -2.52. The molecule has 1 N–H and O–H groups in total. The summed E-state index contributed by atoms with van der Waals surface area (Å²) in [5.41, 5.74) is 2.45. The first-order valence-electron chi connectivity index (χ1n) is 12.1. The van der Waals surface area contributed by atoms with Crippen LogP contribution in [0.3, 0.4) is 0 Å². The molecule has 2 aromatic carbocycles. The summed E-state index contributed by atoms with van der Waals surface area (Å²) in [6.45, 7) is 0.